The molecule has 0 spiro atoms. The Labute approximate surface area is 161 Å². The van der Waals surface area contributed by atoms with E-state index in [1.54, 1.807) is 0 Å². The van der Waals surface area contributed by atoms with Gasteiger partial charge in [-0.3, -0.25) is 4.90 Å². The summed E-state index contributed by atoms with van der Waals surface area (Å²) >= 11 is 0. The van der Waals surface area contributed by atoms with Crippen molar-refractivity contribution in [2.24, 2.45) is 0 Å². The molecular formula is C22H30N4O. The van der Waals surface area contributed by atoms with Gasteiger partial charge in [0.1, 0.15) is 0 Å². The van der Waals surface area contributed by atoms with Crippen molar-refractivity contribution >= 4 is 22.5 Å². The molecule has 0 saturated heterocycles. The van der Waals surface area contributed by atoms with Crippen molar-refractivity contribution in [3.63, 3.8) is 0 Å². The monoisotopic (exact) mass is 366 g/mol. The van der Waals surface area contributed by atoms with Crippen LogP contribution in [0.5, 0.6) is 0 Å². The van der Waals surface area contributed by atoms with Gasteiger partial charge in [-0.15, -0.1) is 0 Å². The minimum atomic E-state index is 0.0353. The molecule has 5 nitrogen and oxygen atoms in total. The molecule has 1 aliphatic heterocycles. The maximum Gasteiger partial charge on any atom is 0.317 e. The number of nitrogens with zero attached hydrogens (tertiary/aromatic N) is 2. The Hall–Kier alpha value is -2.27. The molecule has 0 bridgehead atoms. The molecule has 2 heterocycles. The molecular weight excluding hydrogens is 336 g/mol. The molecule has 1 aromatic heterocycles. The highest BCUT2D eigenvalue weighted by Gasteiger charge is 2.35. The minimum Gasteiger partial charge on any atom is -0.361 e. The number of nitrogens with one attached hydrogen (secondary N) is 2. The van der Waals surface area contributed by atoms with Gasteiger partial charge < -0.3 is 15.2 Å². The second kappa shape index (κ2) is 7.39. The molecule has 5 heteroatoms. The zero-order valence-corrected chi connectivity index (χ0v) is 16.6. The van der Waals surface area contributed by atoms with Gasteiger partial charge in [-0.2, -0.15) is 0 Å². The quantitative estimate of drug-likeness (QED) is 0.849. The van der Waals surface area contributed by atoms with Crippen molar-refractivity contribution in [3.8, 4) is 0 Å². The molecule has 2 aliphatic rings. The van der Waals surface area contributed by atoms with E-state index in [-0.39, 0.29) is 12.1 Å². The number of benzene rings is 1. The topological polar surface area (TPSA) is 51.4 Å². The van der Waals surface area contributed by atoms with E-state index in [4.69, 9.17) is 0 Å². The van der Waals surface area contributed by atoms with Gasteiger partial charge in [0, 0.05) is 42.8 Å². The van der Waals surface area contributed by atoms with Crippen molar-refractivity contribution in [2.45, 2.75) is 45.7 Å². The lowest BCUT2D eigenvalue weighted by Crippen LogP contribution is -2.54. The molecule has 0 saturated carbocycles. The summed E-state index contributed by atoms with van der Waals surface area (Å²) < 4.78 is 0. The number of carbonyl (C=O) groups excluding carboxylic acids is 1. The number of carbonyl (C=O) groups is 1. The van der Waals surface area contributed by atoms with E-state index >= 15 is 0 Å². The van der Waals surface area contributed by atoms with E-state index in [0.29, 0.717) is 6.04 Å². The van der Waals surface area contributed by atoms with Gasteiger partial charge in [0.25, 0.3) is 0 Å². The number of rotatable bonds is 5. The van der Waals surface area contributed by atoms with Crippen molar-refractivity contribution in [2.75, 3.05) is 26.2 Å². The number of aromatic amines is 1. The second-order valence-electron chi connectivity index (χ2n) is 7.61. The molecule has 0 fully saturated rings. The number of hydrogen-bond donors (Lipinski definition) is 2. The zero-order valence-electron chi connectivity index (χ0n) is 16.6. The van der Waals surface area contributed by atoms with Gasteiger partial charge in [-0.1, -0.05) is 25.1 Å². The van der Waals surface area contributed by atoms with Crippen molar-refractivity contribution < 1.29 is 4.79 Å². The summed E-state index contributed by atoms with van der Waals surface area (Å²) in [5.74, 6) is 0. The van der Waals surface area contributed by atoms with Gasteiger partial charge in [0.15, 0.2) is 0 Å². The summed E-state index contributed by atoms with van der Waals surface area (Å²) in [5, 5.41) is 4.61. The van der Waals surface area contributed by atoms with E-state index < -0.39 is 0 Å². The van der Waals surface area contributed by atoms with Crippen LogP contribution < -0.4 is 5.32 Å². The van der Waals surface area contributed by atoms with Gasteiger partial charge in [0.2, 0.25) is 0 Å². The number of urea groups is 1. The zero-order chi connectivity index (χ0) is 19.0. The van der Waals surface area contributed by atoms with Gasteiger partial charge in [-0.05, 0) is 56.0 Å². The van der Waals surface area contributed by atoms with E-state index in [0.717, 1.165) is 39.0 Å². The van der Waals surface area contributed by atoms with Gasteiger partial charge in [-0.25, -0.2) is 4.79 Å². The molecule has 1 aromatic carbocycles. The standard InChI is InChI=1S/C22H30N4O/c1-4-10-26-14-16(24-22(27)25(5-2)6-3)12-18-17-8-7-9-19-21(17)15(13-23-19)11-20(18)26/h7-9,12-13,16,20,23H,4-6,10-11,14H2,1-3H3,(H,24,27)/t16-,20-/m1/s1. The molecule has 0 radical (unpaired) electrons. The van der Waals surface area contributed by atoms with Gasteiger partial charge in [0.05, 0.1) is 6.04 Å². The molecule has 2 amide bonds. The summed E-state index contributed by atoms with van der Waals surface area (Å²) in [6, 6.07) is 7.00. The Morgan fingerprint density at radius 1 is 1.30 bits per heavy atom. The first-order valence-corrected chi connectivity index (χ1v) is 10.3. The van der Waals surface area contributed by atoms with E-state index in [1.165, 1.54) is 27.6 Å². The summed E-state index contributed by atoms with van der Waals surface area (Å²) in [5.41, 5.74) is 5.31. The Bertz CT molecular complexity index is 864. The third kappa shape index (κ3) is 3.14. The van der Waals surface area contributed by atoms with Gasteiger partial charge >= 0.3 is 6.03 Å². The molecule has 2 aromatic rings. The Morgan fingerprint density at radius 2 is 2.11 bits per heavy atom. The minimum absolute atomic E-state index is 0.0353. The molecule has 1 aliphatic carbocycles. The highest BCUT2D eigenvalue weighted by atomic mass is 16.2. The van der Waals surface area contributed by atoms with Crippen LogP contribution in [-0.4, -0.2) is 59.1 Å². The fourth-order valence-electron chi connectivity index (χ4n) is 4.71. The van der Waals surface area contributed by atoms with Crippen LogP contribution in [0.25, 0.3) is 16.5 Å². The van der Waals surface area contributed by atoms with E-state index in [9.17, 15) is 4.79 Å². The summed E-state index contributed by atoms with van der Waals surface area (Å²) in [4.78, 5) is 20.4. The number of fused-ring (bicyclic) bond motifs is 2. The first-order chi connectivity index (χ1) is 13.2. The molecule has 27 heavy (non-hydrogen) atoms. The summed E-state index contributed by atoms with van der Waals surface area (Å²) in [6.07, 6.45) is 6.64. The molecule has 2 N–H and O–H groups in total. The van der Waals surface area contributed by atoms with Crippen LogP contribution in [0.2, 0.25) is 0 Å². The smallest absolute Gasteiger partial charge is 0.317 e. The predicted molar refractivity (Wildman–Crippen MR) is 111 cm³/mol. The van der Waals surface area contributed by atoms with Crippen LogP contribution in [0.3, 0.4) is 0 Å². The maximum absolute atomic E-state index is 12.6. The lowest BCUT2D eigenvalue weighted by atomic mass is 9.81. The number of aromatic nitrogens is 1. The Kier molecular flexibility index (Phi) is 4.96. The van der Waals surface area contributed by atoms with Crippen molar-refractivity contribution in [1.29, 1.82) is 0 Å². The third-order valence-corrected chi connectivity index (χ3v) is 5.99. The molecule has 144 valence electrons. The van der Waals surface area contributed by atoms with Crippen LogP contribution in [0.1, 0.15) is 38.3 Å². The summed E-state index contributed by atoms with van der Waals surface area (Å²) in [6.45, 7) is 9.68. The highest BCUT2D eigenvalue weighted by molar-refractivity contribution is 5.98. The first kappa shape index (κ1) is 18.1. The van der Waals surface area contributed by atoms with Crippen LogP contribution in [0.15, 0.2) is 30.5 Å². The van der Waals surface area contributed by atoms with Crippen molar-refractivity contribution in [1.82, 2.24) is 20.1 Å². The number of H-pyrrole nitrogens is 1. The second-order valence-corrected chi connectivity index (χ2v) is 7.61. The molecule has 4 rings (SSSR count). The first-order valence-electron chi connectivity index (χ1n) is 10.3. The van der Waals surface area contributed by atoms with Crippen LogP contribution in [0, 0.1) is 0 Å². The lowest BCUT2D eigenvalue weighted by Gasteiger charge is -2.42. The molecule has 2 atom stereocenters. The van der Waals surface area contributed by atoms with Crippen LogP contribution in [0.4, 0.5) is 4.79 Å². The predicted octanol–water partition coefficient (Wildman–Crippen LogP) is 3.62. The Balaban J connectivity index is 1.70. The number of hydrogen-bond acceptors (Lipinski definition) is 2. The lowest BCUT2D eigenvalue weighted by molar-refractivity contribution is 0.183. The SMILES string of the molecule is CCCN1C[C@H](NC(=O)N(CC)CC)C=C2c3cccc4[nH]cc(c34)C[C@H]21. The van der Waals surface area contributed by atoms with Crippen LogP contribution in [-0.2, 0) is 6.42 Å². The average molecular weight is 367 g/mol. The Morgan fingerprint density at radius 3 is 2.85 bits per heavy atom. The maximum atomic E-state index is 12.6. The van der Waals surface area contributed by atoms with E-state index in [1.807, 2.05) is 18.7 Å². The number of amides is 2. The van der Waals surface area contributed by atoms with E-state index in [2.05, 4.69) is 52.6 Å². The summed E-state index contributed by atoms with van der Waals surface area (Å²) in [7, 11) is 0. The fourth-order valence-corrected chi connectivity index (χ4v) is 4.71. The third-order valence-electron chi connectivity index (χ3n) is 5.99. The van der Waals surface area contributed by atoms with Crippen LogP contribution >= 0.6 is 0 Å². The molecule has 0 unspecified atom stereocenters. The van der Waals surface area contributed by atoms with Crippen molar-refractivity contribution in [3.05, 3.63) is 41.6 Å². The fraction of sp³-hybridized carbons (Fsp3) is 0.500. The highest BCUT2D eigenvalue weighted by Crippen LogP contribution is 2.40. The largest absolute Gasteiger partial charge is 0.361 e. The average Bonchev–Trinajstić information content (AvgIpc) is 3.08. The normalized spacial score (nSPS) is 21.7.